The summed E-state index contributed by atoms with van der Waals surface area (Å²) in [6.45, 7) is 2.70. The Balaban J connectivity index is 1.85. The first kappa shape index (κ1) is 32.2. The molecule has 2 amide bonds. The lowest BCUT2D eigenvalue weighted by molar-refractivity contribution is -0.139. The smallest absolute Gasteiger partial charge is 0.264 e. The van der Waals surface area contributed by atoms with Crippen LogP contribution in [0.2, 0.25) is 0 Å². The number of carbonyl (C=O) groups excluding carboxylic acids is 2. The zero-order valence-electron chi connectivity index (χ0n) is 25.2. The van der Waals surface area contributed by atoms with E-state index >= 15 is 0 Å². The summed E-state index contributed by atoms with van der Waals surface area (Å²) in [5, 5.41) is 2.61. The number of methoxy groups -OCH3 is 1. The third kappa shape index (κ3) is 7.44. The first-order valence-electron chi connectivity index (χ1n) is 14.1. The summed E-state index contributed by atoms with van der Waals surface area (Å²) in [6.07, 6.45) is 0.124. The van der Waals surface area contributed by atoms with Crippen LogP contribution in [0.4, 0.5) is 10.1 Å². The number of rotatable bonds is 12. The van der Waals surface area contributed by atoms with Gasteiger partial charge in [0.05, 0.1) is 17.7 Å². The number of carbonyl (C=O) groups is 2. The summed E-state index contributed by atoms with van der Waals surface area (Å²) in [6, 6.07) is 25.4. The minimum atomic E-state index is -4.31. The molecule has 230 valence electrons. The van der Waals surface area contributed by atoms with Gasteiger partial charge in [0.2, 0.25) is 11.8 Å². The van der Waals surface area contributed by atoms with Gasteiger partial charge in [-0.3, -0.25) is 13.9 Å². The normalized spacial score (nSPS) is 11.8. The molecule has 0 aliphatic rings. The van der Waals surface area contributed by atoms with E-state index in [0.29, 0.717) is 0 Å². The highest BCUT2D eigenvalue weighted by molar-refractivity contribution is 7.92. The Bertz CT molecular complexity index is 1710. The Labute approximate surface area is 258 Å². The highest BCUT2D eigenvalue weighted by Crippen LogP contribution is 2.34. The third-order valence-electron chi connectivity index (χ3n) is 7.31. The summed E-state index contributed by atoms with van der Waals surface area (Å²) >= 11 is 0. The van der Waals surface area contributed by atoms with Crippen LogP contribution < -0.4 is 14.4 Å². The molecule has 44 heavy (non-hydrogen) atoms. The maximum absolute atomic E-state index is 14.9. The van der Waals surface area contributed by atoms with Gasteiger partial charge >= 0.3 is 0 Å². The van der Waals surface area contributed by atoms with Crippen LogP contribution >= 0.6 is 0 Å². The molecule has 10 heteroatoms. The molecule has 0 aromatic heterocycles. The Morgan fingerprint density at radius 1 is 0.886 bits per heavy atom. The van der Waals surface area contributed by atoms with Crippen molar-refractivity contribution in [2.45, 2.75) is 37.8 Å². The molecule has 0 saturated carbocycles. The third-order valence-corrected chi connectivity index (χ3v) is 9.08. The van der Waals surface area contributed by atoms with E-state index in [1.807, 2.05) is 37.3 Å². The van der Waals surface area contributed by atoms with Gasteiger partial charge in [-0.15, -0.1) is 0 Å². The van der Waals surface area contributed by atoms with Crippen molar-refractivity contribution in [1.29, 1.82) is 0 Å². The quantitative estimate of drug-likeness (QED) is 0.241. The minimum absolute atomic E-state index is 0.0211. The van der Waals surface area contributed by atoms with E-state index in [9.17, 15) is 22.4 Å². The molecule has 1 atom stereocenters. The number of amides is 2. The van der Waals surface area contributed by atoms with Gasteiger partial charge in [0, 0.05) is 25.6 Å². The lowest BCUT2D eigenvalue weighted by atomic mass is 10.0. The van der Waals surface area contributed by atoms with Crippen LogP contribution in [0.1, 0.15) is 22.3 Å². The maximum atomic E-state index is 14.9. The van der Waals surface area contributed by atoms with Crippen molar-refractivity contribution in [1.82, 2.24) is 10.2 Å². The van der Waals surface area contributed by atoms with Gasteiger partial charge in [-0.2, -0.15) is 0 Å². The molecule has 0 saturated heterocycles. The number of nitrogens with one attached hydrogen (secondary N) is 1. The molecule has 0 radical (unpaired) electrons. The van der Waals surface area contributed by atoms with Crippen LogP contribution in [0.15, 0.2) is 102 Å². The van der Waals surface area contributed by atoms with Crippen molar-refractivity contribution < 1.29 is 27.1 Å². The van der Waals surface area contributed by atoms with Gasteiger partial charge < -0.3 is 15.0 Å². The van der Waals surface area contributed by atoms with E-state index in [1.165, 1.54) is 49.4 Å². The lowest BCUT2D eigenvalue weighted by Gasteiger charge is -2.34. The molecule has 0 heterocycles. The molecular weight excluding hydrogens is 581 g/mol. The van der Waals surface area contributed by atoms with Crippen molar-refractivity contribution in [3.8, 4) is 5.75 Å². The van der Waals surface area contributed by atoms with Crippen molar-refractivity contribution in [3.63, 3.8) is 0 Å². The van der Waals surface area contributed by atoms with E-state index in [0.717, 1.165) is 21.0 Å². The van der Waals surface area contributed by atoms with E-state index < -0.39 is 40.2 Å². The SMILES string of the molecule is CNC(=O)[C@H](Cc1ccccc1)N(Cc1ccccc1F)C(=O)CN(c1cc(C)ccc1OC)S(=O)(=O)c1ccc(C)cc1. The number of benzene rings is 4. The van der Waals surface area contributed by atoms with Crippen molar-refractivity contribution in [2.24, 2.45) is 0 Å². The highest BCUT2D eigenvalue weighted by atomic mass is 32.2. The molecule has 0 aliphatic heterocycles. The Kier molecular flexibility index (Phi) is 10.4. The standard InChI is InChI=1S/C34H36FN3O5S/c1-24-14-17-28(18-15-24)44(41,42)38(30-20-25(2)16-19-32(30)43-4)23-33(39)37(22-27-12-8-9-13-29(27)35)31(34(40)36-3)21-26-10-6-5-7-11-26/h5-20,31H,21-23H2,1-4H3,(H,36,40)/t31-/m0/s1. The molecule has 4 aromatic rings. The second-order valence-electron chi connectivity index (χ2n) is 10.4. The maximum Gasteiger partial charge on any atom is 0.264 e. The molecule has 4 aromatic carbocycles. The van der Waals surface area contributed by atoms with Crippen LogP contribution in [0.25, 0.3) is 0 Å². The molecule has 0 fully saturated rings. The summed E-state index contributed by atoms with van der Waals surface area (Å²) in [7, 11) is -1.44. The molecular formula is C34H36FN3O5S. The van der Waals surface area contributed by atoms with Gasteiger partial charge in [-0.25, -0.2) is 12.8 Å². The summed E-state index contributed by atoms with van der Waals surface area (Å²) in [5.41, 5.74) is 2.73. The van der Waals surface area contributed by atoms with Gasteiger partial charge in [-0.1, -0.05) is 72.3 Å². The molecule has 0 bridgehead atoms. The first-order chi connectivity index (χ1) is 21.0. The fraction of sp³-hybridized carbons (Fsp3) is 0.235. The zero-order valence-corrected chi connectivity index (χ0v) is 26.0. The van der Waals surface area contributed by atoms with Crippen LogP contribution in [-0.4, -0.2) is 51.9 Å². The van der Waals surface area contributed by atoms with Crippen molar-refractivity contribution >= 4 is 27.5 Å². The second-order valence-corrected chi connectivity index (χ2v) is 12.3. The molecule has 0 unspecified atom stereocenters. The van der Waals surface area contributed by atoms with Gasteiger partial charge in [-0.05, 0) is 55.3 Å². The zero-order chi connectivity index (χ0) is 31.9. The predicted octanol–water partition coefficient (Wildman–Crippen LogP) is 5.03. The van der Waals surface area contributed by atoms with E-state index in [2.05, 4.69) is 5.32 Å². The molecule has 1 N–H and O–H groups in total. The number of aryl methyl sites for hydroxylation is 2. The number of nitrogens with zero attached hydrogens (tertiary/aromatic N) is 2. The number of anilines is 1. The first-order valence-corrected chi connectivity index (χ1v) is 15.5. The Hall–Kier alpha value is -4.70. The van der Waals surface area contributed by atoms with Crippen LogP contribution in [0, 0.1) is 19.7 Å². The van der Waals surface area contributed by atoms with Crippen molar-refractivity contribution in [2.75, 3.05) is 25.0 Å². The van der Waals surface area contributed by atoms with Crippen LogP contribution in [0.5, 0.6) is 5.75 Å². The Morgan fingerprint density at radius 2 is 1.52 bits per heavy atom. The number of hydrogen-bond acceptors (Lipinski definition) is 5. The molecule has 0 spiro atoms. The number of sulfonamides is 1. The van der Waals surface area contributed by atoms with Crippen LogP contribution in [0.3, 0.4) is 0 Å². The monoisotopic (exact) mass is 617 g/mol. The van der Waals surface area contributed by atoms with Gasteiger partial charge in [0.15, 0.2) is 0 Å². The summed E-state index contributed by atoms with van der Waals surface area (Å²) in [5.74, 6) is -1.48. The lowest BCUT2D eigenvalue weighted by Crippen LogP contribution is -2.53. The summed E-state index contributed by atoms with van der Waals surface area (Å²) < 4.78 is 49.9. The topological polar surface area (TPSA) is 96.0 Å². The number of likely N-dealkylation sites (N-methyl/N-ethyl adjacent to an activating group) is 1. The van der Waals surface area contributed by atoms with E-state index in [-0.39, 0.29) is 34.9 Å². The fourth-order valence-corrected chi connectivity index (χ4v) is 6.29. The van der Waals surface area contributed by atoms with Crippen LogP contribution in [-0.2, 0) is 32.6 Å². The predicted molar refractivity (Wildman–Crippen MR) is 168 cm³/mol. The van der Waals surface area contributed by atoms with E-state index in [1.54, 1.807) is 43.3 Å². The number of hydrogen-bond donors (Lipinski definition) is 1. The minimum Gasteiger partial charge on any atom is -0.495 e. The van der Waals surface area contributed by atoms with Crippen molar-refractivity contribution in [3.05, 3.63) is 125 Å². The fourth-order valence-electron chi connectivity index (χ4n) is 4.88. The largest absolute Gasteiger partial charge is 0.495 e. The average Bonchev–Trinajstić information content (AvgIpc) is 3.02. The second kappa shape index (κ2) is 14.2. The molecule has 8 nitrogen and oxygen atoms in total. The van der Waals surface area contributed by atoms with Gasteiger partial charge in [0.1, 0.15) is 24.2 Å². The summed E-state index contributed by atoms with van der Waals surface area (Å²) in [4.78, 5) is 28.9. The highest BCUT2D eigenvalue weighted by Gasteiger charge is 2.35. The molecule has 0 aliphatic carbocycles. The van der Waals surface area contributed by atoms with E-state index in [4.69, 9.17) is 4.74 Å². The average molecular weight is 618 g/mol. The van der Waals surface area contributed by atoms with Gasteiger partial charge in [0.25, 0.3) is 10.0 Å². The Morgan fingerprint density at radius 3 is 2.16 bits per heavy atom. The molecule has 4 rings (SSSR count). The number of halogens is 1. The number of ether oxygens (including phenoxy) is 1.